The summed E-state index contributed by atoms with van der Waals surface area (Å²) < 4.78 is 0. The van der Waals surface area contributed by atoms with E-state index in [1.165, 1.54) is 4.90 Å². The molecule has 104 valence electrons. The van der Waals surface area contributed by atoms with E-state index in [1.54, 1.807) is 12.1 Å². The summed E-state index contributed by atoms with van der Waals surface area (Å²) in [7, 11) is 0. The molecule has 9 nitrogen and oxygen atoms in total. The molecule has 0 radical (unpaired) electrons. The molecule has 0 unspecified atom stereocenters. The number of para-hydroxylation sites is 1. The summed E-state index contributed by atoms with van der Waals surface area (Å²) in [4.78, 5) is 31.6. The van der Waals surface area contributed by atoms with Gasteiger partial charge < -0.3 is 4.90 Å². The SMILES string of the molecule is [N-]=[N+]=NC1(N=[N+]=[N-])C(=O)c2cccc3c2N(CCC3)C1=O. The second-order valence-corrected chi connectivity index (χ2v) is 4.75. The molecule has 0 fully saturated rings. The zero-order valence-electron chi connectivity index (χ0n) is 10.8. The fourth-order valence-corrected chi connectivity index (χ4v) is 2.84. The molecular formula is C12H9N7O2. The molecule has 3 rings (SSSR count). The minimum atomic E-state index is -2.40. The largest absolute Gasteiger partial charge is 0.310 e. The Morgan fingerprint density at radius 3 is 2.57 bits per heavy atom. The van der Waals surface area contributed by atoms with Gasteiger partial charge in [0.1, 0.15) is 0 Å². The third-order valence-electron chi connectivity index (χ3n) is 3.70. The number of carbonyl (C=O) groups excluding carboxylic acids is 2. The number of hydrogen-bond acceptors (Lipinski definition) is 4. The Balaban J connectivity index is 2.35. The molecule has 2 aliphatic rings. The number of aryl methyl sites for hydroxylation is 1. The lowest BCUT2D eigenvalue weighted by atomic mass is 9.86. The van der Waals surface area contributed by atoms with Gasteiger partial charge in [-0.05, 0) is 35.5 Å². The highest BCUT2D eigenvalue weighted by Crippen LogP contribution is 2.40. The fourth-order valence-electron chi connectivity index (χ4n) is 2.84. The maximum atomic E-state index is 12.6. The van der Waals surface area contributed by atoms with E-state index in [9.17, 15) is 9.59 Å². The number of ketones is 1. The summed E-state index contributed by atoms with van der Waals surface area (Å²) in [6.45, 7) is 0.389. The first-order valence-electron chi connectivity index (χ1n) is 6.27. The maximum Gasteiger partial charge on any atom is 0.267 e. The van der Waals surface area contributed by atoms with Crippen LogP contribution in [0, 0.1) is 0 Å². The number of rotatable bonds is 2. The molecular weight excluding hydrogens is 274 g/mol. The number of Topliss-reactive ketones (excluding diaryl/α,β-unsaturated/α-hetero) is 1. The number of azide groups is 1. The van der Waals surface area contributed by atoms with Crippen molar-refractivity contribution in [2.75, 3.05) is 11.4 Å². The minimum absolute atomic E-state index is 0.242. The second kappa shape index (κ2) is 4.52. The molecule has 1 aromatic rings. The lowest BCUT2D eigenvalue weighted by molar-refractivity contribution is -0.122. The smallest absolute Gasteiger partial charge is 0.267 e. The van der Waals surface area contributed by atoms with E-state index in [0.29, 0.717) is 12.2 Å². The molecule has 0 aliphatic carbocycles. The predicted octanol–water partition coefficient (Wildman–Crippen LogP) is 2.48. The molecule has 2 heterocycles. The average Bonchev–Trinajstić information content (AvgIpc) is 2.51. The van der Waals surface area contributed by atoms with Crippen LogP contribution in [0.4, 0.5) is 5.69 Å². The van der Waals surface area contributed by atoms with Gasteiger partial charge in [-0.1, -0.05) is 22.4 Å². The highest BCUT2D eigenvalue weighted by Gasteiger charge is 2.53. The van der Waals surface area contributed by atoms with Crippen molar-refractivity contribution in [3.8, 4) is 0 Å². The van der Waals surface area contributed by atoms with Crippen LogP contribution in [0.1, 0.15) is 22.3 Å². The van der Waals surface area contributed by atoms with E-state index in [4.69, 9.17) is 11.1 Å². The number of anilines is 1. The van der Waals surface area contributed by atoms with Crippen LogP contribution in [0.3, 0.4) is 0 Å². The Morgan fingerprint density at radius 2 is 1.90 bits per heavy atom. The summed E-state index contributed by atoms with van der Waals surface area (Å²) in [5.41, 5.74) is 16.6. The Morgan fingerprint density at radius 1 is 1.19 bits per heavy atom. The Kier molecular flexibility index (Phi) is 2.79. The zero-order chi connectivity index (χ0) is 15.0. The molecule has 9 heteroatoms. The van der Waals surface area contributed by atoms with E-state index in [1.807, 2.05) is 6.07 Å². The number of carbonyl (C=O) groups is 2. The van der Waals surface area contributed by atoms with Gasteiger partial charge in [0.25, 0.3) is 11.6 Å². The standard InChI is InChI=1S/C12H9N7O2/c13-17-15-12(16-18-14)10(20)8-5-1-3-7-4-2-6-19(9(7)8)11(12)21/h1,3,5H,2,4,6H2. The van der Waals surface area contributed by atoms with E-state index in [0.717, 1.165) is 18.4 Å². The molecule has 1 amide bonds. The highest BCUT2D eigenvalue weighted by atomic mass is 16.2. The van der Waals surface area contributed by atoms with Crippen molar-refractivity contribution in [2.24, 2.45) is 10.2 Å². The van der Waals surface area contributed by atoms with Crippen LogP contribution >= 0.6 is 0 Å². The van der Waals surface area contributed by atoms with E-state index in [-0.39, 0.29) is 5.56 Å². The normalized spacial score (nSPS) is 23.0. The molecule has 0 N–H and O–H groups in total. The van der Waals surface area contributed by atoms with Crippen molar-refractivity contribution in [2.45, 2.75) is 18.5 Å². The quantitative estimate of drug-likeness (QED) is 0.356. The van der Waals surface area contributed by atoms with Crippen LogP contribution in [0.15, 0.2) is 28.4 Å². The first-order chi connectivity index (χ1) is 10.2. The Labute approximate surface area is 118 Å². The summed E-state index contributed by atoms with van der Waals surface area (Å²) >= 11 is 0. The molecule has 0 saturated carbocycles. The van der Waals surface area contributed by atoms with Crippen molar-refractivity contribution in [3.05, 3.63) is 50.2 Å². The zero-order valence-corrected chi connectivity index (χ0v) is 10.8. The van der Waals surface area contributed by atoms with Crippen LogP contribution in [0.5, 0.6) is 0 Å². The summed E-state index contributed by atoms with van der Waals surface area (Å²) in [6.07, 6.45) is 1.48. The van der Waals surface area contributed by atoms with Gasteiger partial charge in [-0.15, -0.1) is 0 Å². The predicted molar refractivity (Wildman–Crippen MR) is 72.5 cm³/mol. The van der Waals surface area contributed by atoms with Crippen LogP contribution in [0.25, 0.3) is 20.9 Å². The Bertz CT molecular complexity index is 741. The number of nitrogens with zero attached hydrogens (tertiary/aromatic N) is 7. The molecule has 21 heavy (non-hydrogen) atoms. The fraction of sp³-hybridized carbons (Fsp3) is 0.333. The monoisotopic (exact) mass is 283 g/mol. The highest BCUT2D eigenvalue weighted by molar-refractivity contribution is 6.28. The number of benzene rings is 1. The van der Waals surface area contributed by atoms with Crippen LogP contribution in [-0.2, 0) is 11.2 Å². The summed E-state index contributed by atoms with van der Waals surface area (Å²) in [6, 6.07) is 5.09. The molecule has 0 spiro atoms. The van der Waals surface area contributed by atoms with Crippen molar-refractivity contribution in [3.63, 3.8) is 0 Å². The lowest BCUT2D eigenvalue weighted by Crippen LogP contribution is -2.57. The molecule has 0 aromatic heterocycles. The summed E-state index contributed by atoms with van der Waals surface area (Å²) in [5, 5.41) is 6.47. The third-order valence-corrected chi connectivity index (χ3v) is 3.70. The van der Waals surface area contributed by atoms with Gasteiger partial charge in [-0.3, -0.25) is 9.59 Å². The van der Waals surface area contributed by atoms with Gasteiger partial charge in [0.05, 0.1) is 5.69 Å². The third kappa shape index (κ3) is 1.59. The summed E-state index contributed by atoms with van der Waals surface area (Å²) in [5.74, 6) is -1.57. The van der Waals surface area contributed by atoms with Crippen LogP contribution < -0.4 is 4.90 Å². The van der Waals surface area contributed by atoms with E-state index >= 15 is 0 Å². The first-order valence-corrected chi connectivity index (χ1v) is 6.27. The molecule has 0 bridgehead atoms. The molecule has 1 aromatic carbocycles. The van der Waals surface area contributed by atoms with Gasteiger partial charge in [0.15, 0.2) is 5.78 Å². The first kappa shape index (κ1) is 13.0. The van der Waals surface area contributed by atoms with Crippen LogP contribution in [-0.4, -0.2) is 23.9 Å². The minimum Gasteiger partial charge on any atom is -0.310 e. The Hall–Kier alpha value is -3.02. The van der Waals surface area contributed by atoms with Crippen LogP contribution in [0.2, 0.25) is 0 Å². The molecule has 2 aliphatic heterocycles. The van der Waals surface area contributed by atoms with Gasteiger partial charge in [-0.2, -0.15) is 0 Å². The molecule has 0 atom stereocenters. The number of hydrogen-bond donors (Lipinski definition) is 0. The van der Waals surface area contributed by atoms with E-state index < -0.39 is 17.4 Å². The van der Waals surface area contributed by atoms with Crippen molar-refractivity contribution >= 4 is 17.4 Å². The maximum absolute atomic E-state index is 12.6. The molecule has 0 saturated heterocycles. The van der Waals surface area contributed by atoms with E-state index in [2.05, 4.69) is 20.1 Å². The lowest BCUT2D eigenvalue weighted by Gasteiger charge is -2.39. The van der Waals surface area contributed by atoms with Gasteiger partial charge in [-0.25, -0.2) is 0 Å². The topological polar surface area (TPSA) is 135 Å². The van der Waals surface area contributed by atoms with Gasteiger partial charge in [0, 0.05) is 21.9 Å². The van der Waals surface area contributed by atoms with Crippen molar-refractivity contribution < 1.29 is 9.59 Å². The van der Waals surface area contributed by atoms with Gasteiger partial charge >= 0.3 is 0 Å². The van der Waals surface area contributed by atoms with Gasteiger partial charge in [0.2, 0.25) is 0 Å². The van der Waals surface area contributed by atoms with Crippen molar-refractivity contribution in [1.29, 1.82) is 0 Å². The van der Waals surface area contributed by atoms with Crippen molar-refractivity contribution in [1.82, 2.24) is 0 Å². The second-order valence-electron chi connectivity index (χ2n) is 4.75. The average molecular weight is 283 g/mol. The number of amides is 1.